The number of benzene rings is 3. The molecule has 0 saturated carbocycles. The number of rotatable bonds is 12. The molecule has 258 valence electrons. The summed E-state index contributed by atoms with van der Waals surface area (Å²) in [6.45, 7) is 15.8. The van der Waals surface area contributed by atoms with E-state index in [0.717, 1.165) is 11.1 Å². The maximum Gasteiger partial charge on any atom is 0.271 e. The Hall–Kier alpha value is -4.83. The number of nitrogens with zero attached hydrogens (tertiary/aromatic N) is 3. The Bertz CT molecular complexity index is 2070. The van der Waals surface area contributed by atoms with Gasteiger partial charge in [0.15, 0.2) is 16.3 Å². The van der Waals surface area contributed by atoms with Crippen LogP contribution in [0.15, 0.2) is 69.6 Å². The van der Waals surface area contributed by atoms with Gasteiger partial charge in [-0.15, -0.1) is 0 Å². The first-order chi connectivity index (χ1) is 23.5. The zero-order valence-corrected chi connectivity index (χ0v) is 30.6. The Labute approximate surface area is 291 Å². The van der Waals surface area contributed by atoms with Crippen LogP contribution in [0.5, 0.6) is 23.0 Å². The highest BCUT2D eigenvalue weighted by Crippen LogP contribution is 2.38. The number of carbonyl (C=O) groups is 1. The van der Waals surface area contributed by atoms with Crippen LogP contribution in [0.1, 0.15) is 67.1 Å². The lowest BCUT2D eigenvalue weighted by Crippen LogP contribution is -2.43. The van der Waals surface area contributed by atoms with Gasteiger partial charge in [0.25, 0.3) is 11.5 Å². The van der Waals surface area contributed by atoms with Crippen LogP contribution in [0, 0.1) is 20.8 Å². The summed E-state index contributed by atoms with van der Waals surface area (Å²) in [4.78, 5) is 35.5. The minimum atomic E-state index is -0.778. The molecule has 1 aromatic heterocycles. The topological polar surface area (TPSA) is 91.6 Å². The fraction of sp³-hybridized carbons (Fsp3) is 0.359. The Morgan fingerprint density at radius 1 is 0.898 bits per heavy atom. The molecule has 0 fully saturated rings. The molecule has 0 unspecified atom stereocenters. The summed E-state index contributed by atoms with van der Waals surface area (Å²) in [7, 11) is 3.15. The quantitative estimate of drug-likeness (QED) is 0.181. The number of thiazole rings is 1. The van der Waals surface area contributed by atoms with Crippen LogP contribution >= 0.6 is 11.3 Å². The number of allylic oxidation sites excluding steroid dienone is 1. The van der Waals surface area contributed by atoms with Gasteiger partial charge in [0.1, 0.15) is 24.1 Å². The molecule has 1 atom stereocenters. The van der Waals surface area contributed by atoms with Gasteiger partial charge < -0.3 is 23.8 Å². The second kappa shape index (κ2) is 15.2. The lowest BCUT2D eigenvalue weighted by atomic mass is 9.93. The fourth-order valence-corrected chi connectivity index (χ4v) is 7.41. The zero-order chi connectivity index (χ0) is 35.4. The van der Waals surface area contributed by atoms with Gasteiger partial charge in [-0.1, -0.05) is 35.1 Å². The predicted molar refractivity (Wildman–Crippen MR) is 194 cm³/mol. The third kappa shape index (κ3) is 7.15. The van der Waals surface area contributed by atoms with E-state index in [4.69, 9.17) is 23.9 Å². The first-order valence-corrected chi connectivity index (χ1v) is 17.4. The van der Waals surface area contributed by atoms with Gasteiger partial charge in [-0.3, -0.25) is 14.2 Å². The molecule has 1 aliphatic heterocycles. The standard InChI is InChI=1S/C39H45N3O6S/c1-10-41(11-2)38(44)35-26(7)40-39-42(36(35)29-21-28(45-8)14-16-31(29)46-9)37(43)34(49-39)20-27-13-15-32(33(19-27)47-12-3)48-22-30-24(5)17-23(4)18-25(30)6/h13-21,36H,10-12,22H2,1-9H3/b34-20+/t36-/m1/s1. The van der Waals surface area contributed by atoms with E-state index in [0.29, 0.717) is 75.5 Å². The molecule has 0 radical (unpaired) electrons. The molecule has 10 heteroatoms. The van der Waals surface area contributed by atoms with E-state index in [1.54, 1.807) is 35.8 Å². The number of aryl methyl sites for hydroxylation is 3. The molecule has 0 spiro atoms. The van der Waals surface area contributed by atoms with Crippen molar-refractivity contribution in [3.63, 3.8) is 0 Å². The molecule has 0 aliphatic carbocycles. The predicted octanol–water partition coefficient (Wildman–Crippen LogP) is 6.02. The first-order valence-electron chi connectivity index (χ1n) is 16.5. The number of aromatic nitrogens is 1. The summed E-state index contributed by atoms with van der Waals surface area (Å²) in [6, 6.07) is 14.6. The van der Waals surface area contributed by atoms with E-state index in [2.05, 4.69) is 32.9 Å². The normalized spacial score (nSPS) is 14.3. The van der Waals surface area contributed by atoms with Crippen LogP contribution < -0.4 is 33.8 Å². The van der Waals surface area contributed by atoms with Gasteiger partial charge in [-0.05, 0) is 107 Å². The summed E-state index contributed by atoms with van der Waals surface area (Å²) >= 11 is 1.28. The number of methoxy groups -OCH3 is 2. The summed E-state index contributed by atoms with van der Waals surface area (Å²) in [5, 5.41) is 0. The smallest absolute Gasteiger partial charge is 0.271 e. The van der Waals surface area contributed by atoms with E-state index in [1.807, 2.05) is 58.0 Å². The number of fused-ring (bicyclic) bond motifs is 1. The minimum absolute atomic E-state index is 0.177. The van der Waals surface area contributed by atoms with Gasteiger partial charge in [-0.25, -0.2) is 4.99 Å². The summed E-state index contributed by atoms with van der Waals surface area (Å²) in [5.41, 5.74) is 6.86. The molecular formula is C39H45N3O6S. The van der Waals surface area contributed by atoms with E-state index in [-0.39, 0.29) is 11.5 Å². The van der Waals surface area contributed by atoms with Crippen molar-refractivity contribution in [2.75, 3.05) is 33.9 Å². The maximum absolute atomic E-state index is 14.4. The van der Waals surface area contributed by atoms with E-state index in [1.165, 1.54) is 28.0 Å². The largest absolute Gasteiger partial charge is 0.497 e. The molecule has 9 nitrogen and oxygen atoms in total. The van der Waals surface area contributed by atoms with Crippen molar-refractivity contribution in [3.8, 4) is 23.0 Å². The first kappa shape index (κ1) is 35.5. The average molecular weight is 684 g/mol. The molecule has 5 rings (SSSR count). The average Bonchev–Trinajstić information content (AvgIpc) is 3.38. The fourth-order valence-electron chi connectivity index (χ4n) is 6.36. The van der Waals surface area contributed by atoms with Crippen molar-refractivity contribution in [3.05, 3.63) is 113 Å². The third-order valence-electron chi connectivity index (χ3n) is 8.81. The number of amides is 1. The molecular weight excluding hydrogens is 639 g/mol. The maximum atomic E-state index is 14.4. The number of carbonyl (C=O) groups excluding carboxylic acids is 1. The molecule has 0 saturated heterocycles. The lowest BCUT2D eigenvalue weighted by molar-refractivity contribution is -0.127. The summed E-state index contributed by atoms with van der Waals surface area (Å²) < 4.78 is 25.7. The number of likely N-dealkylation sites (N-methyl/N-ethyl adjacent to an activating group) is 1. The highest BCUT2D eigenvalue weighted by molar-refractivity contribution is 7.07. The molecule has 3 aromatic carbocycles. The van der Waals surface area contributed by atoms with Crippen molar-refractivity contribution >= 4 is 23.3 Å². The highest BCUT2D eigenvalue weighted by atomic mass is 32.1. The molecule has 2 heterocycles. The number of hydrogen-bond acceptors (Lipinski definition) is 8. The second-order valence-corrected chi connectivity index (χ2v) is 13.0. The van der Waals surface area contributed by atoms with Crippen molar-refractivity contribution in [1.29, 1.82) is 0 Å². The number of hydrogen-bond donors (Lipinski definition) is 0. The zero-order valence-electron chi connectivity index (χ0n) is 29.8. The van der Waals surface area contributed by atoms with Gasteiger partial charge in [0.2, 0.25) is 0 Å². The number of ether oxygens (including phenoxy) is 4. The molecule has 0 bridgehead atoms. The minimum Gasteiger partial charge on any atom is -0.497 e. The molecule has 1 amide bonds. The van der Waals surface area contributed by atoms with Gasteiger partial charge in [-0.2, -0.15) is 0 Å². The Kier molecular flexibility index (Phi) is 11.0. The second-order valence-electron chi connectivity index (χ2n) is 12.0. The Morgan fingerprint density at radius 2 is 1.59 bits per heavy atom. The van der Waals surface area contributed by atoms with Crippen LogP contribution in [0.2, 0.25) is 0 Å². The molecule has 0 N–H and O–H groups in total. The van der Waals surface area contributed by atoms with Crippen LogP contribution in [-0.4, -0.2) is 49.3 Å². The van der Waals surface area contributed by atoms with Gasteiger partial charge >= 0.3 is 0 Å². The van der Waals surface area contributed by atoms with Crippen molar-refractivity contribution < 1.29 is 23.7 Å². The van der Waals surface area contributed by atoms with E-state index in [9.17, 15) is 9.59 Å². The summed E-state index contributed by atoms with van der Waals surface area (Å²) in [5.74, 6) is 2.16. The SMILES string of the molecule is CCOc1cc(/C=c2/sc3n(c2=O)[C@H](c2cc(OC)ccc2OC)C(C(=O)N(CC)CC)=C(C)N=3)ccc1OCc1c(C)cc(C)cc1C. The van der Waals surface area contributed by atoms with Crippen molar-refractivity contribution in [1.82, 2.24) is 9.47 Å². The van der Waals surface area contributed by atoms with Crippen LogP contribution in [0.3, 0.4) is 0 Å². The van der Waals surface area contributed by atoms with Crippen LogP contribution in [-0.2, 0) is 11.4 Å². The molecule has 4 aromatic rings. The molecule has 49 heavy (non-hydrogen) atoms. The highest BCUT2D eigenvalue weighted by Gasteiger charge is 2.36. The van der Waals surface area contributed by atoms with Crippen LogP contribution in [0.25, 0.3) is 6.08 Å². The molecule has 1 aliphatic rings. The Balaban J connectivity index is 1.61. The van der Waals surface area contributed by atoms with Gasteiger partial charge in [0.05, 0.1) is 36.6 Å². The van der Waals surface area contributed by atoms with Crippen LogP contribution in [0.4, 0.5) is 0 Å². The third-order valence-corrected chi connectivity index (χ3v) is 9.79. The summed E-state index contributed by atoms with van der Waals surface area (Å²) in [6.07, 6.45) is 1.83. The Morgan fingerprint density at radius 3 is 2.22 bits per heavy atom. The van der Waals surface area contributed by atoms with E-state index >= 15 is 0 Å². The van der Waals surface area contributed by atoms with Crippen molar-refractivity contribution in [2.24, 2.45) is 4.99 Å². The van der Waals surface area contributed by atoms with E-state index < -0.39 is 6.04 Å². The lowest BCUT2D eigenvalue weighted by Gasteiger charge is -2.30. The van der Waals surface area contributed by atoms with Crippen molar-refractivity contribution in [2.45, 2.75) is 61.1 Å². The monoisotopic (exact) mass is 683 g/mol. The van der Waals surface area contributed by atoms with Gasteiger partial charge in [0, 0.05) is 18.7 Å².